The quantitative estimate of drug-likeness (QED) is 0.214. The number of anilines is 2. The summed E-state index contributed by atoms with van der Waals surface area (Å²) in [7, 11) is 0. The molecule has 5 N–H and O–H groups in total. The van der Waals surface area contributed by atoms with Gasteiger partial charge < -0.3 is 21.3 Å². The van der Waals surface area contributed by atoms with Gasteiger partial charge in [-0.25, -0.2) is 4.98 Å². The Balaban J connectivity index is 0.933. The fourth-order valence-corrected chi connectivity index (χ4v) is 6.47. The Morgan fingerprint density at radius 2 is 1.83 bits per heavy atom. The number of benzene rings is 2. The highest BCUT2D eigenvalue weighted by Crippen LogP contribution is 2.33. The first kappa shape index (κ1) is 29.5. The number of amides is 4. The Hall–Kier alpha value is -5.17. The van der Waals surface area contributed by atoms with Crippen molar-refractivity contribution >= 4 is 57.8 Å². The third-order valence-corrected chi connectivity index (χ3v) is 9.15. The maximum Gasteiger partial charge on any atom is 0.262 e. The number of hydrogen-bond donors (Lipinski definition) is 4. The average molecular weight is 622 g/mol. The Morgan fingerprint density at radius 1 is 1.02 bits per heavy atom. The lowest BCUT2D eigenvalue weighted by atomic mass is 9.80. The first-order valence-corrected chi connectivity index (χ1v) is 15.7. The van der Waals surface area contributed by atoms with Crippen LogP contribution in [0.15, 0.2) is 53.8 Å². The Morgan fingerprint density at radius 3 is 2.61 bits per heavy atom. The van der Waals surface area contributed by atoms with Crippen LogP contribution in [0.25, 0.3) is 16.6 Å². The molecule has 4 amide bonds. The summed E-state index contributed by atoms with van der Waals surface area (Å²) in [6, 6.07) is 10.4. The van der Waals surface area contributed by atoms with Crippen molar-refractivity contribution in [3.05, 3.63) is 65.6 Å². The topological polar surface area (TPSA) is 175 Å². The lowest BCUT2D eigenvalue weighted by Crippen LogP contribution is -2.54. The molecule has 1 atom stereocenters. The van der Waals surface area contributed by atoms with E-state index in [2.05, 4.69) is 38.0 Å². The normalized spacial score (nSPS) is 23.6. The number of carbonyl (C=O) groups excluding carboxylic acids is 4. The summed E-state index contributed by atoms with van der Waals surface area (Å²) in [5.74, 6) is -1.66. The largest absolute Gasteiger partial charge is 0.404 e. The number of aromatic nitrogens is 2. The molecule has 13 heteroatoms. The highest BCUT2D eigenvalue weighted by atomic mass is 16.2. The number of fused-ring (bicyclic) bond motifs is 2. The van der Waals surface area contributed by atoms with Gasteiger partial charge in [0.15, 0.2) is 0 Å². The molecular weight excluding hydrogens is 586 g/mol. The van der Waals surface area contributed by atoms with Gasteiger partial charge >= 0.3 is 0 Å². The van der Waals surface area contributed by atoms with Crippen molar-refractivity contribution in [1.29, 1.82) is 0 Å². The molecule has 0 spiro atoms. The van der Waals surface area contributed by atoms with Crippen LogP contribution in [0.4, 0.5) is 11.4 Å². The van der Waals surface area contributed by atoms with Crippen molar-refractivity contribution < 1.29 is 19.2 Å². The highest BCUT2D eigenvalue weighted by molar-refractivity contribution is 6.23. The molecule has 46 heavy (non-hydrogen) atoms. The van der Waals surface area contributed by atoms with E-state index in [9.17, 15) is 19.2 Å². The number of nitrogens with one attached hydrogen (secondary N) is 3. The molecule has 4 heterocycles. The van der Waals surface area contributed by atoms with E-state index < -0.39 is 29.7 Å². The summed E-state index contributed by atoms with van der Waals surface area (Å²) in [5, 5.41) is 8.97. The molecule has 4 aliphatic rings. The van der Waals surface area contributed by atoms with Crippen LogP contribution in [-0.4, -0.2) is 89.5 Å². The van der Waals surface area contributed by atoms with Crippen molar-refractivity contribution in [1.82, 2.24) is 25.5 Å². The molecule has 7 rings (SSSR count). The monoisotopic (exact) mass is 621 g/mol. The minimum atomic E-state index is -0.979. The zero-order chi connectivity index (χ0) is 31.8. The molecule has 2 aromatic carbocycles. The van der Waals surface area contributed by atoms with Gasteiger partial charge in [0.05, 0.1) is 40.1 Å². The minimum absolute atomic E-state index is 0.0858. The van der Waals surface area contributed by atoms with Gasteiger partial charge in [0.25, 0.3) is 11.8 Å². The van der Waals surface area contributed by atoms with Crippen LogP contribution in [0.5, 0.6) is 0 Å². The summed E-state index contributed by atoms with van der Waals surface area (Å²) in [6.07, 6.45) is 7.02. The summed E-state index contributed by atoms with van der Waals surface area (Å²) >= 11 is 0. The van der Waals surface area contributed by atoms with Crippen molar-refractivity contribution in [3.63, 3.8) is 0 Å². The highest BCUT2D eigenvalue weighted by Gasteiger charge is 2.44. The third-order valence-electron chi connectivity index (χ3n) is 9.15. The van der Waals surface area contributed by atoms with Crippen LogP contribution in [0.2, 0.25) is 0 Å². The molecule has 1 saturated carbocycles. The van der Waals surface area contributed by atoms with Gasteiger partial charge in [-0.15, -0.1) is 0 Å². The van der Waals surface area contributed by atoms with E-state index in [1.807, 2.05) is 6.07 Å². The minimum Gasteiger partial charge on any atom is -0.404 e. The number of piperidine rings is 1. The van der Waals surface area contributed by atoms with Crippen molar-refractivity contribution in [2.24, 2.45) is 16.6 Å². The average Bonchev–Trinajstić information content (AvgIpc) is 3.30. The number of nitrogens with zero attached hydrogens (tertiary/aromatic N) is 5. The van der Waals surface area contributed by atoms with Gasteiger partial charge in [-0.2, -0.15) is 0 Å². The van der Waals surface area contributed by atoms with Gasteiger partial charge in [0.2, 0.25) is 11.8 Å². The molecule has 1 aromatic heterocycles. The van der Waals surface area contributed by atoms with Gasteiger partial charge in [-0.1, -0.05) is 0 Å². The molecule has 3 aromatic rings. The summed E-state index contributed by atoms with van der Waals surface area (Å²) in [5.41, 5.74) is 11.4. The number of carbonyl (C=O) groups is 4. The molecule has 3 fully saturated rings. The van der Waals surface area contributed by atoms with E-state index in [1.54, 1.807) is 30.6 Å². The molecule has 2 saturated heterocycles. The van der Waals surface area contributed by atoms with Crippen molar-refractivity contribution in [3.8, 4) is 0 Å². The van der Waals surface area contributed by atoms with E-state index in [1.165, 1.54) is 6.20 Å². The van der Waals surface area contributed by atoms with E-state index >= 15 is 0 Å². The van der Waals surface area contributed by atoms with Crippen LogP contribution < -0.4 is 26.6 Å². The zero-order valence-electron chi connectivity index (χ0n) is 25.2. The summed E-state index contributed by atoms with van der Waals surface area (Å²) in [4.78, 5) is 67.4. The molecule has 3 aliphatic heterocycles. The van der Waals surface area contributed by atoms with Gasteiger partial charge in [-0.05, 0) is 61.6 Å². The molecule has 236 valence electrons. The number of rotatable bonds is 8. The Labute approximate surface area is 265 Å². The van der Waals surface area contributed by atoms with Crippen molar-refractivity contribution in [2.45, 2.75) is 37.8 Å². The third kappa shape index (κ3) is 5.69. The first-order chi connectivity index (χ1) is 22.4. The molecule has 0 radical (unpaired) electrons. The molecule has 0 bridgehead atoms. The van der Waals surface area contributed by atoms with E-state index in [-0.39, 0.29) is 30.0 Å². The number of allylic oxidation sites excluding steroid dienone is 1. The number of nitrogens with two attached hydrogens (primary N) is 1. The number of hydrogen-bond acceptors (Lipinski definition) is 11. The first-order valence-electron chi connectivity index (χ1n) is 15.7. The van der Waals surface area contributed by atoms with E-state index in [0.29, 0.717) is 23.7 Å². The fraction of sp³-hybridized carbons (Fsp3) is 0.364. The fourth-order valence-electron chi connectivity index (χ4n) is 6.47. The summed E-state index contributed by atoms with van der Waals surface area (Å²) < 4.78 is 0. The standard InChI is InChI=1S/C33H35N9O4/c34-15-20(28-18-38-26-4-2-23(14-27(26)39-28)41-9-7-35-8-10-41)17-37-22-11-19(12-22)16-36-21-1-3-24-25(13-21)33(46)42(32(24)45)29-5-6-30(43)40-31(29)44/h1-4,13-15,17-19,22,29,35-36H,5-12,16,34H2,(H,40,43,44). The molecule has 1 aliphatic carbocycles. The van der Waals surface area contributed by atoms with Crippen molar-refractivity contribution in [2.75, 3.05) is 42.9 Å². The van der Waals surface area contributed by atoms with Gasteiger partial charge in [-0.3, -0.25) is 39.4 Å². The van der Waals surface area contributed by atoms with Crippen LogP contribution in [-0.2, 0) is 9.59 Å². The predicted molar refractivity (Wildman–Crippen MR) is 173 cm³/mol. The van der Waals surface area contributed by atoms with Crippen LogP contribution >= 0.6 is 0 Å². The second-order valence-electron chi connectivity index (χ2n) is 12.1. The second kappa shape index (κ2) is 12.3. The van der Waals surface area contributed by atoms with E-state index in [4.69, 9.17) is 15.7 Å². The SMILES string of the molecule is NC=C(C=NC1CC(CNc2ccc3c(c2)C(=O)N(C2CCC(=O)NC2=O)C3=O)C1)c1cnc2ccc(N3CCNCC3)cc2n1. The lowest BCUT2D eigenvalue weighted by molar-refractivity contribution is -0.136. The molecule has 1 unspecified atom stereocenters. The predicted octanol–water partition coefficient (Wildman–Crippen LogP) is 1.70. The van der Waals surface area contributed by atoms with Gasteiger partial charge in [0.1, 0.15) is 6.04 Å². The molecular formula is C33H35N9O4. The number of imide groups is 2. The maximum atomic E-state index is 13.1. The number of aliphatic imine (C=N–C) groups is 1. The van der Waals surface area contributed by atoms with E-state index in [0.717, 1.165) is 66.3 Å². The molecule has 13 nitrogen and oxygen atoms in total. The second-order valence-corrected chi connectivity index (χ2v) is 12.1. The number of piperazine rings is 1. The zero-order valence-corrected chi connectivity index (χ0v) is 25.2. The van der Waals surface area contributed by atoms with Crippen LogP contribution in [0.1, 0.15) is 52.1 Å². The Bertz CT molecular complexity index is 1790. The van der Waals surface area contributed by atoms with Crippen LogP contribution in [0.3, 0.4) is 0 Å². The maximum absolute atomic E-state index is 13.1. The Kier molecular flexibility index (Phi) is 7.91. The lowest BCUT2D eigenvalue weighted by Gasteiger charge is -2.33. The van der Waals surface area contributed by atoms with Crippen LogP contribution in [0, 0.1) is 5.92 Å². The smallest absolute Gasteiger partial charge is 0.262 e. The van der Waals surface area contributed by atoms with Gasteiger partial charge in [0, 0.05) is 68.5 Å². The summed E-state index contributed by atoms with van der Waals surface area (Å²) in [6.45, 7) is 4.52.